The van der Waals surface area contributed by atoms with E-state index in [2.05, 4.69) is 38.8 Å². The second-order valence-electron chi connectivity index (χ2n) is 18.3. The van der Waals surface area contributed by atoms with Gasteiger partial charge in [-0.25, -0.2) is 0 Å². The van der Waals surface area contributed by atoms with Crippen molar-refractivity contribution in [2.24, 2.45) is 31.8 Å². The first-order chi connectivity index (χ1) is 32.3. The van der Waals surface area contributed by atoms with Gasteiger partial charge in [0.05, 0.1) is 5.69 Å². The minimum atomic E-state index is -0.933. The molecule has 6 N–H and O–H groups in total. The van der Waals surface area contributed by atoms with Gasteiger partial charge >= 0.3 is 0 Å². The van der Waals surface area contributed by atoms with E-state index in [1.165, 1.54) is 4.90 Å². The summed E-state index contributed by atoms with van der Waals surface area (Å²) in [5, 5.41) is 16.9. The van der Waals surface area contributed by atoms with Gasteiger partial charge in [-0.3, -0.25) is 43.3 Å². The Morgan fingerprint density at radius 3 is 1.75 bits per heavy atom. The number of hydrogen-bond donors (Lipinski definition) is 6. The molecule has 1 unspecified atom stereocenters. The molecule has 17 nitrogen and oxygen atoms in total. The predicted molar refractivity (Wildman–Crippen MR) is 263 cm³/mol. The SMILES string of the molecule is CCCCCC(=O)Nc1cc(C(=O)Nc2ccc(-c3cc(C(=O)Nc4ccc(NC(=O)[C@H](C)NC(=O)[C@@H](NC(=O)CCCCCN5C(=O)CC(C(C)C)C5=O)C(C)C)cc4)n(C)c3)cc2)n(C)c1. The Morgan fingerprint density at radius 2 is 1.16 bits per heavy atom. The Balaban J connectivity index is 1.05. The number of carbonyl (C=O) groups is 8. The van der Waals surface area contributed by atoms with E-state index < -0.39 is 23.9 Å². The van der Waals surface area contributed by atoms with Crippen LogP contribution in [0, 0.1) is 17.8 Å². The van der Waals surface area contributed by atoms with Crippen LogP contribution in [0.2, 0.25) is 0 Å². The molecule has 1 aliphatic rings. The van der Waals surface area contributed by atoms with Crippen LogP contribution < -0.4 is 31.9 Å². The number of likely N-dealkylation sites (tertiary alicyclic amines) is 1. The smallest absolute Gasteiger partial charge is 0.272 e. The molecule has 2 aromatic heterocycles. The molecule has 3 heterocycles. The van der Waals surface area contributed by atoms with E-state index >= 15 is 0 Å². The Bertz CT molecular complexity index is 2450. The molecule has 1 aliphatic heterocycles. The Kier molecular flexibility index (Phi) is 18.4. The largest absolute Gasteiger partial charge is 0.346 e. The zero-order valence-electron chi connectivity index (χ0n) is 40.5. The number of carbonyl (C=O) groups excluding carboxylic acids is 8. The molecule has 4 aromatic rings. The fourth-order valence-electron chi connectivity index (χ4n) is 7.94. The summed E-state index contributed by atoms with van der Waals surface area (Å²) in [7, 11) is 3.51. The first kappa shape index (κ1) is 51.9. The maximum atomic E-state index is 13.4. The third kappa shape index (κ3) is 14.2. The number of nitrogens with zero attached hydrogens (tertiary/aromatic N) is 3. The van der Waals surface area contributed by atoms with Crippen LogP contribution in [0.5, 0.6) is 0 Å². The lowest BCUT2D eigenvalue weighted by Gasteiger charge is -2.24. The Morgan fingerprint density at radius 1 is 0.603 bits per heavy atom. The highest BCUT2D eigenvalue weighted by atomic mass is 16.2. The van der Waals surface area contributed by atoms with Gasteiger partial charge in [0.25, 0.3) is 11.8 Å². The zero-order valence-corrected chi connectivity index (χ0v) is 40.5. The lowest BCUT2D eigenvalue weighted by Crippen LogP contribution is -2.53. The van der Waals surface area contributed by atoms with Crippen LogP contribution in [0.1, 0.15) is 120 Å². The summed E-state index contributed by atoms with van der Waals surface area (Å²) in [5.74, 6) is -2.73. The maximum Gasteiger partial charge on any atom is 0.272 e. The second kappa shape index (κ2) is 24.1. The standard InChI is InChI=1S/C51H67N9O8/c1-9-10-12-15-43(61)53-39-27-42(59(8)30-39)49(66)55-36-19-17-34(18-20-36)35-26-41(58(7)29-35)48(65)56-38-23-21-37(22-24-38)54-47(64)33(6)52-50(67)46(32(4)5)57-44(62)16-13-11-14-25-60-45(63)28-40(31(2)3)51(60)68/h17-24,26-27,29-33,40,46H,9-16,25,28H2,1-8H3,(H,52,67)(H,53,61)(H,54,64)(H,55,66)(H,56,65)(H,57,62)/t33-,40?,46-/m0/s1. The number of nitrogens with one attached hydrogen (secondary N) is 6. The van der Waals surface area contributed by atoms with Gasteiger partial charge in [-0.2, -0.15) is 0 Å². The van der Waals surface area contributed by atoms with Crippen LogP contribution in [0.15, 0.2) is 73.1 Å². The summed E-state index contributed by atoms with van der Waals surface area (Å²) in [6, 6.07) is 15.4. The van der Waals surface area contributed by atoms with E-state index in [0.29, 0.717) is 66.4 Å². The minimum absolute atomic E-state index is 0.0832. The molecule has 0 radical (unpaired) electrons. The van der Waals surface area contributed by atoms with Gasteiger partial charge in [-0.05, 0) is 92.1 Å². The van der Waals surface area contributed by atoms with Crippen molar-refractivity contribution >= 4 is 70.0 Å². The van der Waals surface area contributed by atoms with Crippen LogP contribution in [0.3, 0.4) is 0 Å². The fraction of sp³-hybridized carbons (Fsp3) is 0.451. The number of rotatable bonds is 23. The number of benzene rings is 2. The summed E-state index contributed by atoms with van der Waals surface area (Å²) in [4.78, 5) is 104. The molecule has 0 bridgehead atoms. The van der Waals surface area contributed by atoms with E-state index in [9.17, 15) is 38.4 Å². The molecule has 1 saturated heterocycles. The maximum absolute atomic E-state index is 13.4. The molecule has 8 amide bonds. The van der Waals surface area contributed by atoms with Crippen molar-refractivity contribution in [3.8, 4) is 11.1 Å². The molecule has 5 rings (SSSR count). The van der Waals surface area contributed by atoms with Crippen molar-refractivity contribution in [1.82, 2.24) is 24.7 Å². The highest BCUT2D eigenvalue weighted by Crippen LogP contribution is 2.28. The Hall–Kier alpha value is -7.04. The van der Waals surface area contributed by atoms with Crippen molar-refractivity contribution < 1.29 is 38.4 Å². The van der Waals surface area contributed by atoms with E-state index in [0.717, 1.165) is 30.4 Å². The van der Waals surface area contributed by atoms with E-state index in [1.807, 2.05) is 32.2 Å². The average Bonchev–Trinajstić information content (AvgIpc) is 3.96. The molecule has 17 heteroatoms. The molecule has 68 heavy (non-hydrogen) atoms. The highest BCUT2D eigenvalue weighted by molar-refractivity contribution is 6.06. The number of anilines is 4. The van der Waals surface area contributed by atoms with Crippen LogP contribution >= 0.6 is 0 Å². The van der Waals surface area contributed by atoms with Gasteiger partial charge in [0.2, 0.25) is 35.4 Å². The fourth-order valence-corrected chi connectivity index (χ4v) is 7.94. The summed E-state index contributed by atoms with van der Waals surface area (Å²) >= 11 is 0. The van der Waals surface area contributed by atoms with Crippen molar-refractivity contribution in [3.63, 3.8) is 0 Å². The summed E-state index contributed by atoms with van der Waals surface area (Å²) < 4.78 is 3.37. The summed E-state index contributed by atoms with van der Waals surface area (Å²) in [5.41, 5.74) is 4.48. The molecule has 3 atom stereocenters. The van der Waals surface area contributed by atoms with Gasteiger partial charge < -0.3 is 41.0 Å². The summed E-state index contributed by atoms with van der Waals surface area (Å²) in [6.07, 6.45) is 8.97. The van der Waals surface area contributed by atoms with Gasteiger partial charge in [0, 0.05) is 80.8 Å². The van der Waals surface area contributed by atoms with Crippen molar-refractivity contribution in [1.29, 1.82) is 0 Å². The van der Waals surface area contributed by atoms with Crippen LogP contribution in [-0.4, -0.2) is 79.9 Å². The molecule has 0 saturated carbocycles. The average molecular weight is 934 g/mol. The van der Waals surface area contributed by atoms with E-state index in [4.69, 9.17) is 0 Å². The third-order valence-corrected chi connectivity index (χ3v) is 12.0. The van der Waals surface area contributed by atoms with Gasteiger partial charge in [-0.1, -0.05) is 66.0 Å². The first-order valence-electron chi connectivity index (χ1n) is 23.6. The Labute approximate surface area is 398 Å². The van der Waals surface area contributed by atoms with E-state index in [1.54, 1.807) is 98.7 Å². The molecule has 1 fully saturated rings. The van der Waals surface area contributed by atoms with E-state index in [-0.39, 0.29) is 66.0 Å². The van der Waals surface area contributed by atoms with Crippen molar-refractivity contribution in [3.05, 3.63) is 84.4 Å². The molecular weight excluding hydrogens is 867 g/mol. The normalized spacial score (nSPS) is 14.4. The minimum Gasteiger partial charge on any atom is -0.346 e. The first-order valence-corrected chi connectivity index (χ1v) is 23.6. The second-order valence-corrected chi connectivity index (χ2v) is 18.3. The van der Waals surface area contributed by atoms with Crippen molar-refractivity contribution in [2.75, 3.05) is 27.8 Å². The number of amides is 8. The lowest BCUT2D eigenvalue weighted by molar-refractivity contribution is -0.140. The number of imide groups is 1. The van der Waals surface area contributed by atoms with Gasteiger partial charge in [-0.15, -0.1) is 0 Å². The number of hydrogen-bond acceptors (Lipinski definition) is 8. The quantitative estimate of drug-likeness (QED) is 0.0328. The molecule has 0 spiro atoms. The number of unbranched alkanes of at least 4 members (excludes halogenated alkanes) is 4. The van der Waals surface area contributed by atoms with Gasteiger partial charge in [0.15, 0.2) is 0 Å². The van der Waals surface area contributed by atoms with Gasteiger partial charge in [0.1, 0.15) is 23.5 Å². The van der Waals surface area contributed by atoms with Crippen LogP contribution in [-0.2, 0) is 42.9 Å². The predicted octanol–water partition coefficient (Wildman–Crippen LogP) is 7.23. The van der Waals surface area contributed by atoms with Crippen molar-refractivity contribution in [2.45, 2.75) is 111 Å². The monoisotopic (exact) mass is 934 g/mol. The van der Waals surface area contributed by atoms with Crippen LogP contribution in [0.25, 0.3) is 11.1 Å². The topological polar surface area (TPSA) is 222 Å². The highest BCUT2D eigenvalue weighted by Gasteiger charge is 2.39. The zero-order chi connectivity index (χ0) is 49.7. The summed E-state index contributed by atoms with van der Waals surface area (Å²) in [6.45, 7) is 11.4. The molecule has 0 aliphatic carbocycles. The lowest BCUT2D eigenvalue weighted by atomic mass is 9.94. The molecule has 364 valence electrons. The number of aryl methyl sites for hydroxylation is 2. The molecular formula is C51H67N9O8. The number of aromatic nitrogens is 2. The molecule has 2 aromatic carbocycles. The third-order valence-electron chi connectivity index (χ3n) is 12.0. The van der Waals surface area contributed by atoms with Crippen LogP contribution in [0.4, 0.5) is 22.7 Å².